The highest BCUT2D eigenvalue weighted by atomic mass is 35.5. The number of aryl methyl sites for hydroxylation is 1. The van der Waals surface area contributed by atoms with Crippen molar-refractivity contribution in [3.05, 3.63) is 45.1 Å². The molecule has 2 rings (SSSR count). The van der Waals surface area contributed by atoms with Crippen LogP contribution in [0.25, 0.3) is 0 Å². The highest BCUT2D eigenvalue weighted by Gasteiger charge is 2.25. The van der Waals surface area contributed by atoms with Gasteiger partial charge in [0.1, 0.15) is 12.2 Å². The molecule has 1 aromatic heterocycles. The predicted molar refractivity (Wildman–Crippen MR) is 85.0 cm³/mol. The molecule has 1 aromatic carbocycles. The Morgan fingerprint density at radius 1 is 1.52 bits per heavy atom. The van der Waals surface area contributed by atoms with Gasteiger partial charge in [0.2, 0.25) is 5.91 Å². The van der Waals surface area contributed by atoms with Crippen LogP contribution >= 0.6 is 11.6 Å². The molecule has 0 aliphatic heterocycles. The van der Waals surface area contributed by atoms with E-state index < -0.39 is 11.0 Å². The van der Waals surface area contributed by atoms with Gasteiger partial charge in [-0.3, -0.25) is 14.9 Å². The Morgan fingerprint density at radius 3 is 2.78 bits per heavy atom. The molecular weight excluding hydrogens is 324 g/mol. The molecule has 0 saturated heterocycles. The number of carbonyl (C=O) groups is 1. The number of nitrogens with one attached hydrogen (secondary N) is 1. The first-order chi connectivity index (χ1) is 10.8. The van der Waals surface area contributed by atoms with E-state index in [1.807, 2.05) is 6.92 Å². The van der Waals surface area contributed by atoms with Gasteiger partial charge in [-0.25, -0.2) is 4.68 Å². The number of ether oxygens (including phenoxy) is 1. The fourth-order valence-electron chi connectivity index (χ4n) is 1.92. The largest absolute Gasteiger partial charge is 0.475 e. The van der Waals surface area contributed by atoms with Gasteiger partial charge in [0.05, 0.1) is 12.0 Å². The molecule has 0 radical (unpaired) electrons. The van der Waals surface area contributed by atoms with Gasteiger partial charge in [-0.15, -0.1) is 5.10 Å². The molecule has 1 atom stereocenters. The first-order valence-electron chi connectivity index (χ1n) is 6.68. The lowest BCUT2D eigenvalue weighted by molar-refractivity contribution is -0.385. The number of nitro groups is 1. The molecule has 0 saturated carbocycles. The van der Waals surface area contributed by atoms with Crippen LogP contribution in [0.5, 0.6) is 5.88 Å². The molecule has 0 fully saturated rings. The minimum Gasteiger partial charge on any atom is -0.475 e. The van der Waals surface area contributed by atoms with Crippen LogP contribution < -0.4 is 10.1 Å². The van der Waals surface area contributed by atoms with Crippen molar-refractivity contribution >= 4 is 28.9 Å². The normalized spacial score (nSPS) is 11.8. The number of hydrogen-bond acceptors (Lipinski definition) is 5. The first kappa shape index (κ1) is 16.8. The van der Waals surface area contributed by atoms with Crippen molar-refractivity contribution in [1.29, 1.82) is 0 Å². The van der Waals surface area contributed by atoms with Crippen LogP contribution in [0, 0.1) is 17.0 Å². The van der Waals surface area contributed by atoms with Crippen molar-refractivity contribution < 1.29 is 14.5 Å². The summed E-state index contributed by atoms with van der Waals surface area (Å²) in [6.07, 6.45) is 1.16. The van der Waals surface area contributed by atoms with Gasteiger partial charge in [0.25, 0.3) is 0 Å². The Labute approximate surface area is 137 Å². The van der Waals surface area contributed by atoms with Crippen molar-refractivity contribution in [2.24, 2.45) is 0 Å². The second-order valence-electron chi connectivity index (χ2n) is 4.89. The fourth-order valence-corrected chi connectivity index (χ4v) is 2.09. The molecule has 0 aliphatic rings. The highest BCUT2D eigenvalue weighted by molar-refractivity contribution is 6.31. The minimum atomic E-state index is -0.768. The molecule has 2 aromatic rings. The Kier molecular flexibility index (Phi) is 4.85. The molecule has 9 heteroatoms. The van der Waals surface area contributed by atoms with Gasteiger partial charge < -0.3 is 10.1 Å². The number of carbonyl (C=O) groups excluding carboxylic acids is 1. The van der Waals surface area contributed by atoms with Gasteiger partial charge in [0.15, 0.2) is 0 Å². The Balaban J connectivity index is 2.23. The lowest BCUT2D eigenvalue weighted by Crippen LogP contribution is -2.24. The maximum absolute atomic E-state index is 12.3. The SMILES string of the molecule is COc1nn(C(C)C(=O)Nc2cc(Cl)ccc2C)cc1[N+](=O)[O-]. The van der Waals surface area contributed by atoms with Crippen LogP contribution in [-0.4, -0.2) is 27.7 Å². The number of hydrogen-bond donors (Lipinski definition) is 1. The third kappa shape index (κ3) is 3.59. The molecule has 1 unspecified atom stereocenters. The van der Waals surface area contributed by atoms with Crippen LogP contribution in [0.2, 0.25) is 5.02 Å². The molecule has 1 N–H and O–H groups in total. The third-order valence-electron chi connectivity index (χ3n) is 3.30. The zero-order valence-corrected chi connectivity index (χ0v) is 13.5. The number of nitrogens with zero attached hydrogens (tertiary/aromatic N) is 3. The van der Waals surface area contributed by atoms with Crippen molar-refractivity contribution in [2.45, 2.75) is 19.9 Å². The molecule has 0 aliphatic carbocycles. The smallest absolute Gasteiger partial charge is 0.350 e. The van der Waals surface area contributed by atoms with Gasteiger partial charge in [-0.2, -0.15) is 0 Å². The summed E-state index contributed by atoms with van der Waals surface area (Å²) in [6, 6.07) is 4.37. The van der Waals surface area contributed by atoms with E-state index in [0.29, 0.717) is 10.7 Å². The van der Waals surface area contributed by atoms with Crippen LogP contribution in [-0.2, 0) is 4.79 Å². The zero-order chi connectivity index (χ0) is 17.1. The van der Waals surface area contributed by atoms with Gasteiger partial charge in [0, 0.05) is 10.7 Å². The zero-order valence-electron chi connectivity index (χ0n) is 12.7. The number of aromatic nitrogens is 2. The third-order valence-corrected chi connectivity index (χ3v) is 3.54. The lowest BCUT2D eigenvalue weighted by Gasteiger charge is -2.14. The van der Waals surface area contributed by atoms with E-state index in [2.05, 4.69) is 10.4 Å². The second kappa shape index (κ2) is 6.66. The summed E-state index contributed by atoms with van der Waals surface area (Å²) in [7, 11) is 1.28. The van der Waals surface area contributed by atoms with Gasteiger partial charge >= 0.3 is 11.6 Å². The molecule has 122 valence electrons. The van der Waals surface area contributed by atoms with Crippen LogP contribution in [0.3, 0.4) is 0 Å². The van der Waals surface area contributed by atoms with Crippen molar-refractivity contribution in [2.75, 3.05) is 12.4 Å². The number of benzene rings is 1. The summed E-state index contributed by atoms with van der Waals surface area (Å²) in [5, 5.41) is 18.1. The molecule has 1 amide bonds. The van der Waals surface area contributed by atoms with E-state index >= 15 is 0 Å². The number of rotatable bonds is 5. The van der Waals surface area contributed by atoms with Crippen molar-refractivity contribution in [3.8, 4) is 5.88 Å². The maximum atomic E-state index is 12.3. The van der Waals surface area contributed by atoms with Gasteiger partial charge in [-0.05, 0) is 31.5 Å². The van der Waals surface area contributed by atoms with E-state index in [1.54, 1.807) is 25.1 Å². The standard InChI is InChI=1S/C14H15ClN4O4/c1-8-4-5-10(15)6-11(8)16-13(20)9(2)18-7-12(19(21)22)14(17-18)23-3/h4-7,9H,1-3H3,(H,16,20). The second-order valence-corrected chi connectivity index (χ2v) is 5.32. The van der Waals surface area contributed by atoms with Crippen LogP contribution in [0.4, 0.5) is 11.4 Å². The number of methoxy groups -OCH3 is 1. The number of halogens is 1. The number of anilines is 1. The summed E-state index contributed by atoms with van der Waals surface area (Å²) >= 11 is 5.91. The maximum Gasteiger partial charge on any atom is 0.350 e. The van der Waals surface area contributed by atoms with E-state index in [-0.39, 0.29) is 17.5 Å². The summed E-state index contributed by atoms with van der Waals surface area (Å²) in [5.41, 5.74) is 1.12. The molecule has 23 heavy (non-hydrogen) atoms. The van der Waals surface area contributed by atoms with Crippen LogP contribution in [0.15, 0.2) is 24.4 Å². The molecule has 0 bridgehead atoms. The fraction of sp³-hybridized carbons (Fsp3) is 0.286. The Bertz CT molecular complexity index is 759. The molecule has 0 spiro atoms. The topological polar surface area (TPSA) is 99.3 Å². The monoisotopic (exact) mass is 338 g/mol. The van der Waals surface area contributed by atoms with E-state index in [1.165, 1.54) is 11.8 Å². The van der Waals surface area contributed by atoms with Crippen molar-refractivity contribution in [3.63, 3.8) is 0 Å². The summed E-state index contributed by atoms with van der Waals surface area (Å²) in [6.45, 7) is 3.41. The minimum absolute atomic E-state index is 0.145. The lowest BCUT2D eigenvalue weighted by atomic mass is 10.2. The molecule has 8 nitrogen and oxygen atoms in total. The van der Waals surface area contributed by atoms with E-state index in [9.17, 15) is 14.9 Å². The molecular formula is C14H15ClN4O4. The Hall–Kier alpha value is -2.61. The summed E-state index contributed by atoms with van der Waals surface area (Å²) in [5.74, 6) is -0.524. The van der Waals surface area contributed by atoms with Gasteiger partial charge in [-0.1, -0.05) is 17.7 Å². The first-order valence-corrected chi connectivity index (χ1v) is 7.05. The quantitative estimate of drug-likeness (QED) is 0.667. The Morgan fingerprint density at radius 2 is 2.22 bits per heavy atom. The average molecular weight is 339 g/mol. The summed E-state index contributed by atoms with van der Waals surface area (Å²) < 4.78 is 6.03. The highest BCUT2D eigenvalue weighted by Crippen LogP contribution is 2.27. The average Bonchev–Trinajstić information content (AvgIpc) is 2.94. The molecule has 1 heterocycles. The van der Waals surface area contributed by atoms with E-state index in [4.69, 9.17) is 16.3 Å². The number of amides is 1. The van der Waals surface area contributed by atoms with E-state index in [0.717, 1.165) is 11.8 Å². The predicted octanol–water partition coefficient (Wildman–Crippen LogP) is 2.96. The van der Waals surface area contributed by atoms with Crippen molar-refractivity contribution in [1.82, 2.24) is 9.78 Å². The summed E-state index contributed by atoms with van der Waals surface area (Å²) in [4.78, 5) is 22.6. The van der Waals surface area contributed by atoms with Crippen LogP contribution in [0.1, 0.15) is 18.5 Å².